The molecule has 31 heavy (non-hydrogen) atoms. The number of halogens is 1. The molecule has 8 heteroatoms. The van der Waals surface area contributed by atoms with Crippen LogP contribution in [0.2, 0.25) is 0 Å². The first kappa shape index (κ1) is 22.3. The van der Waals surface area contributed by atoms with Crippen LogP contribution in [0.4, 0.5) is 4.39 Å². The van der Waals surface area contributed by atoms with E-state index in [0.29, 0.717) is 29.3 Å². The molecule has 0 aliphatic heterocycles. The lowest BCUT2D eigenvalue weighted by Crippen LogP contribution is -2.18. The number of carbonyl (C=O) groups is 1. The molecule has 0 radical (unpaired) electrons. The first-order valence-electron chi connectivity index (χ1n) is 10.3. The number of amides is 1. The van der Waals surface area contributed by atoms with Gasteiger partial charge in [0.05, 0.1) is 5.69 Å². The number of nitrogens with zero attached hydrogens (tertiary/aromatic N) is 5. The highest BCUT2D eigenvalue weighted by molar-refractivity contribution is 5.94. The zero-order valence-corrected chi connectivity index (χ0v) is 18.0. The fourth-order valence-corrected chi connectivity index (χ4v) is 2.85. The van der Waals surface area contributed by atoms with E-state index in [2.05, 4.69) is 30.4 Å². The summed E-state index contributed by atoms with van der Waals surface area (Å²) in [6.07, 6.45) is 12.8. The van der Waals surface area contributed by atoms with Gasteiger partial charge in [-0.25, -0.2) is 4.39 Å². The molecule has 1 aliphatic carbocycles. The smallest absolute Gasteiger partial charge is 0.273 e. The Labute approximate surface area is 181 Å². The van der Waals surface area contributed by atoms with Crippen LogP contribution in [0, 0.1) is 11.7 Å². The largest absolute Gasteiger partial charge is 0.361 e. The maximum Gasteiger partial charge on any atom is 0.273 e. The van der Waals surface area contributed by atoms with Crippen LogP contribution in [-0.2, 0) is 6.42 Å². The number of hydrogen-bond donors (Lipinski definition) is 1. The number of carbonyl (C=O) groups excluding carboxylic acids is 1. The highest BCUT2D eigenvalue weighted by Crippen LogP contribution is 2.24. The molecular weight excluding hydrogens is 395 g/mol. The van der Waals surface area contributed by atoms with Crippen molar-refractivity contribution < 1.29 is 9.18 Å². The van der Waals surface area contributed by atoms with E-state index in [0.717, 1.165) is 0 Å². The summed E-state index contributed by atoms with van der Waals surface area (Å²) in [6.45, 7) is 3.79. The molecule has 3 rings (SSSR count). The van der Waals surface area contributed by atoms with Crippen molar-refractivity contribution in [1.82, 2.24) is 20.2 Å². The minimum atomic E-state index is -0.357. The number of aryl methyl sites for hydroxylation is 1. The summed E-state index contributed by atoms with van der Waals surface area (Å²) >= 11 is 0. The second-order valence-electron chi connectivity index (χ2n) is 7.52. The van der Waals surface area contributed by atoms with E-state index < -0.39 is 0 Å². The van der Waals surface area contributed by atoms with Crippen molar-refractivity contribution in [2.75, 3.05) is 7.05 Å². The van der Waals surface area contributed by atoms with Crippen molar-refractivity contribution >= 4 is 18.5 Å². The number of nitrogens with one attached hydrogen (secondary N) is 1. The SMILES string of the molecule is CCc1ncc(-c2ccnc(C(=O)N/C=C/C(C)/C=N/N=C\N(C)C3CC3)c2)cc1F. The number of aromatic nitrogens is 2. The van der Waals surface area contributed by atoms with Gasteiger partial charge in [0.15, 0.2) is 0 Å². The average molecular weight is 423 g/mol. The molecule has 2 heterocycles. The second-order valence-corrected chi connectivity index (χ2v) is 7.52. The molecular formula is C23H27FN6O. The van der Waals surface area contributed by atoms with Crippen LogP contribution in [0.25, 0.3) is 11.1 Å². The highest BCUT2D eigenvalue weighted by Gasteiger charge is 2.24. The van der Waals surface area contributed by atoms with E-state index in [9.17, 15) is 9.18 Å². The zero-order chi connectivity index (χ0) is 22.2. The van der Waals surface area contributed by atoms with E-state index in [-0.39, 0.29) is 23.3 Å². The van der Waals surface area contributed by atoms with Gasteiger partial charge in [-0.15, -0.1) is 5.10 Å². The molecule has 2 aromatic rings. The Balaban J connectivity index is 1.55. The lowest BCUT2D eigenvalue weighted by molar-refractivity contribution is 0.0965. The van der Waals surface area contributed by atoms with Crippen LogP contribution in [0.1, 0.15) is 42.9 Å². The first-order valence-corrected chi connectivity index (χ1v) is 10.3. The minimum absolute atomic E-state index is 0.00546. The van der Waals surface area contributed by atoms with Crippen LogP contribution >= 0.6 is 0 Å². The Morgan fingerprint density at radius 1 is 1.32 bits per heavy atom. The normalized spacial score (nSPS) is 15.1. The number of rotatable bonds is 9. The van der Waals surface area contributed by atoms with E-state index in [1.807, 2.05) is 20.9 Å². The quantitative estimate of drug-likeness (QED) is 0.378. The Morgan fingerprint density at radius 2 is 2.13 bits per heavy atom. The molecule has 162 valence electrons. The Bertz CT molecular complexity index is 999. The summed E-state index contributed by atoms with van der Waals surface area (Å²) in [6, 6.07) is 5.36. The van der Waals surface area contributed by atoms with Gasteiger partial charge in [0.2, 0.25) is 0 Å². The molecule has 1 saturated carbocycles. The molecule has 1 aliphatic rings. The minimum Gasteiger partial charge on any atom is -0.361 e. The second kappa shape index (κ2) is 10.6. The lowest BCUT2D eigenvalue weighted by atomic mass is 10.1. The van der Waals surface area contributed by atoms with E-state index in [1.165, 1.54) is 25.1 Å². The topological polar surface area (TPSA) is 82.8 Å². The summed E-state index contributed by atoms with van der Waals surface area (Å²) < 4.78 is 14.0. The van der Waals surface area contributed by atoms with Gasteiger partial charge >= 0.3 is 0 Å². The van der Waals surface area contributed by atoms with Crippen molar-refractivity contribution in [2.24, 2.45) is 16.1 Å². The maximum atomic E-state index is 14.0. The molecule has 1 N–H and O–H groups in total. The number of allylic oxidation sites excluding steroid dienone is 1. The predicted molar refractivity (Wildman–Crippen MR) is 120 cm³/mol. The van der Waals surface area contributed by atoms with Crippen molar-refractivity contribution in [2.45, 2.75) is 39.2 Å². The van der Waals surface area contributed by atoms with Gasteiger partial charge in [-0.3, -0.25) is 14.8 Å². The van der Waals surface area contributed by atoms with E-state index in [1.54, 1.807) is 43.2 Å². The van der Waals surface area contributed by atoms with Crippen LogP contribution in [-0.4, -0.2) is 46.4 Å². The molecule has 7 nitrogen and oxygen atoms in total. The third-order valence-electron chi connectivity index (χ3n) is 4.92. The maximum absolute atomic E-state index is 14.0. The summed E-state index contributed by atoms with van der Waals surface area (Å²) in [7, 11) is 1.99. The summed E-state index contributed by atoms with van der Waals surface area (Å²) in [5.74, 6) is -0.719. The summed E-state index contributed by atoms with van der Waals surface area (Å²) in [5.41, 5.74) is 1.92. The monoisotopic (exact) mass is 422 g/mol. The third kappa shape index (κ3) is 6.53. The van der Waals surface area contributed by atoms with E-state index in [4.69, 9.17) is 0 Å². The Hall–Kier alpha value is -3.42. The van der Waals surface area contributed by atoms with Crippen molar-refractivity contribution in [3.63, 3.8) is 0 Å². The van der Waals surface area contributed by atoms with Gasteiger partial charge in [0, 0.05) is 49.4 Å². The summed E-state index contributed by atoms with van der Waals surface area (Å²) in [5, 5.41) is 10.7. The van der Waals surface area contributed by atoms with Crippen LogP contribution in [0.5, 0.6) is 0 Å². The van der Waals surface area contributed by atoms with Crippen molar-refractivity contribution in [3.8, 4) is 11.1 Å². The molecule has 2 aromatic heterocycles. The van der Waals surface area contributed by atoms with Crippen LogP contribution in [0.3, 0.4) is 0 Å². The molecule has 1 unspecified atom stereocenters. The van der Waals surface area contributed by atoms with Gasteiger partial charge in [-0.2, -0.15) is 5.10 Å². The highest BCUT2D eigenvalue weighted by atomic mass is 19.1. The van der Waals surface area contributed by atoms with Gasteiger partial charge in [-0.05, 0) is 43.0 Å². The number of pyridine rings is 2. The molecule has 1 atom stereocenters. The van der Waals surface area contributed by atoms with Gasteiger partial charge in [-0.1, -0.05) is 19.9 Å². The Kier molecular flexibility index (Phi) is 7.59. The van der Waals surface area contributed by atoms with E-state index >= 15 is 0 Å². The van der Waals surface area contributed by atoms with Crippen LogP contribution < -0.4 is 5.32 Å². The van der Waals surface area contributed by atoms with Gasteiger partial charge in [0.25, 0.3) is 5.91 Å². The number of hydrogen-bond acceptors (Lipinski definition) is 5. The third-order valence-corrected chi connectivity index (χ3v) is 4.92. The van der Waals surface area contributed by atoms with Crippen LogP contribution in [0.15, 0.2) is 53.1 Å². The van der Waals surface area contributed by atoms with Gasteiger partial charge < -0.3 is 10.2 Å². The fourth-order valence-electron chi connectivity index (χ4n) is 2.85. The first-order chi connectivity index (χ1) is 15.0. The van der Waals surface area contributed by atoms with Gasteiger partial charge in [0.1, 0.15) is 17.8 Å². The zero-order valence-electron chi connectivity index (χ0n) is 18.0. The predicted octanol–water partition coefficient (Wildman–Crippen LogP) is 3.83. The molecule has 0 bridgehead atoms. The average Bonchev–Trinajstić information content (AvgIpc) is 3.62. The standard InChI is InChI=1S/C23H27FN6O/c1-4-21-20(24)11-18(14-27-21)17-8-10-25-22(12-17)23(31)26-9-7-16(2)13-28-29-15-30(3)19-5-6-19/h7-16,19H,4-6H2,1-3H3,(H,26,31)/b9-7+,28-13+,29-15-. The summed E-state index contributed by atoms with van der Waals surface area (Å²) in [4.78, 5) is 22.7. The van der Waals surface area contributed by atoms with Crippen molar-refractivity contribution in [1.29, 1.82) is 0 Å². The lowest BCUT2D eigenvalue weighted by Gasteiger charge is -2.08. The molecule has 0 saturated heterocycles. The molecule has 0 aromatic carbocycles. The molecule has 1 fully saturated rings. The fraction of sp³-hybridized carbons (Fsp3) is 0.348. The molecule has 1 amide bonds. The van der Waals surface area contributed by atoms with Crippen molar-refractivity contribution in [3.05, 3.63) is 60.1 Å². The molecule has 0 spiro atoms. The Morgan fingerprint density at radius 3 is 2.84 bits per heavy atom.